The van der Waals surface area contributed by atoms with Gasteiger partial charge in [0.1, 0.15) is 11.6 Å². The highest BCUT2D eigenvalue weighted by molar-refractivity contribution is 7.89. The third-order valence-electron chi connectivity index (χ3n) is 10.3. The smallest absolute Gasteiger partial charge is 0.407 e. The second-order valence-electron chi connectivity index (χ2n) is 15.8. The molecule has 0 bridgehead atoms. The molecule has 1 atom stereocenters. The molecule has 1 heterocycles. The van der Waals surface area contributed by atoms with Gasteiger partial charge in [-0.1, -0.05) is 67.2 Å². The minimum atomic E-state index is -3.81. The summed E-state index contributed by atoms with van der Waals surface area (Å²) in [5.74, 6) is -0.632. The van der Waals surface area contributed by atoms with Gasteiger partial charge >= 0.3 is 6.09 Å². The van der Waals surface area contributed by atoms with Crippen molar-refractivity contribution in [2.45, 2.75) is 82.9 Å². The largest absolute Gasteiger partial charge is 0.444 e. The Labute approximate surface area is 335 Å². The first kappa shape index (κ1) is 41.0. The minimum Gasteiger partial charge on any atom is -0.444 e. The number of amides is 3. The van der Waals surface area contributed by atoms with Crippen LogP contribution in [0.25, 0.3) is 16.8 Å². The zero-order chi connectivity index (χ0) is 40.7. The Bertz CT molecular complexity index is 2230. The second kappa shape index (κ2) is 17.6. The second-order valence-corrected chi connectivity index (χ2v) is 17.6. The maximum absolute atomic E-state index is 14.0. The lowest BCUT2D eigenvalue weighted by Gasteiger charge is -2.29. The van der Waals surface area contributed by atoms with E-state index in [9.17, 15) is 22.8 Å². The molecule has 1 aliphatic heterocycles. The van der Waals surface area contributed by atoms with Crippen molar-refractivity contribution in [3.8, 4) is 11.1 Å². The molecule has 6 N–H and O–H groups in total. The van der Waals surface area contributed by atoms with E-state index in [1.165, 1.54) is 0 Å². The van der Waals surface area contributed by atoms with Gasteiger partial charge in [-0.25, -0.2) is 17.9 Å². The first-order valence-corrected chi connectivity index (χ1v) is 20.8. The van der Waals surface area contributed by atoms with Crippen LogP contribution in [0.5, 0.6) is 0 Å². The monoisotopic (exact) mass is 792 g/mol. The number of alkyl carbamates (subject to hydrolysis) is 1. The fraction of sp³-hybridized carbons (Fsp3) is 0.341. The van der Waals surface area contributed by atoms with Gasteiger partial charge in [-0.15, -0.1) is 0 Å². The molecule has 12 nitrogen and oxygen atoms in total. The average Bonchev–Trinajstić information content (AvgIpc) is 3.55. The van der Waals surface area contributed by atoms with Gasteiger partial charge in [0, 0.05) is 36.7 Å². The van der Waals surface area contributed by atoms with E-state index >= 15 is 0 Å². The standard InChI is InChI=1S/C44H52N6O6S/c1-28-14-20-36(57(54,55)46-27-30-10-7-6-8-11-30)25-38(28)34-13-9-12-32(22-34)23-40(42(52)47-35-19-21-37-29(2)49-50-39(37)24-35)48-41(51)33-17-15-31(16-18-33)26-45-43(53)56-44(3,4)5/h6-14,19-22,24-25,31,33,40,46,49-50H,2,15-18,23,26-27H2,1,3-5H3,(H,45,53)(H,47,52)(H,48,51)/t31?,33?,40-/m0/s1. The molecule has 4 aromatic carbocycles. The summed E-state index contributed by atoms with van der Waals surface area (Å²) in [6, 6.07) is 26.5. The van der Waals surface area contributed by atoms with Gasteiger partial charge in [0.05, 0.1) is 16.3 Å². The van der Waals surface area contributed by atoms with E-state index in [4.69, 9.17) is 4.74 Å². The number of hydrogen-bond donors (Lipinski definition) is 6. The van der Waals surface area contributed by atoms with Crippen LogP contribution in [0.3, 0.4) is 0 Å². The van der Waals surface area contributed by atoms with Crippen molar-refractivity contribution in [3.05, 3.63) is 120 Å². The van der Waals surface area contributed by atoms with Crippen molar-refractivity contribution in [2.75, 3.05) is 17.3 Å². The van der Waals surface area contributed by atoms with Crippen molar-refractivity contribution < 1.29 is 27.5 Å². The highest BCUT2D eigenvalue weighted by Crippen LogP contribution is 2.32. The Morgan fingerprint density at radius 3 is 2.33 bits per heavy atom. The first-order valence-electron chi connectivity index (χ1n) is 19.3. The number of aryl methyl sites for hydroxylation is 1. The van der Waals surface area contributed by atoms with Crippen molar-refractivity contribution in [1.82, 2.24) is 20.8 Å². The van der Waals surface area contributed by atoms with Crippen LogP contribution in [0.4, 0.5) is 16.2 Å². The molecule has 0 unspecified atom stereocenters. The lowest BCUT2D eigenvalue weighted by atomic mass is 9.81. The summed E-state index contributed by atoms with van der Waals surface area (Å²) in [5, 5.41) is 8.90. The SMILES string of the molecule is C=C1NNc2cc(NC(=O)[C@H](Cc3cccc(-c4cc(S(=O)(=O)NCc5ccccc5)ccc4C)c3)NC(=O)C3CCC(CNC(=O)OC(C)(C)C)CC3)ccc21. The van der Waals surface area contributed by atoms with Crippen LogP contribution in [-0.2, 0) is 37.3 Å². The molecule has 1 fully saturated rings. The molecule has 0 spiro atoms. The van der Waals surface area contributed by atoms with E-state index in [1.54, 1.807) is 24.3 Å². The van der Waals surface area contributed by atoms with Crippen LogP contribution in [0.15, 0.2) is 102 Å². The molecule has 0 radical (unpaired) electrons. The van der Waals surface area contributed by atoms with E-state index in [2.05, 4.69) is 38.1 Å². The molecule has 6 rings (SSSR count). The van der Waals surface area contributed by atoms with Gasteiger partial charge < -0.3 is 31.5 Å². The van der Waals surface area contributed by atoms with Gasteiger partial charge in [0.2, 0.25) is 21.8 Å². The fourth-order valence-electron chi connectivity index (χ4n) is 7.14. The van der Waals surface area contributed by atoms with Crippen LogP contribution >= 0.6 is 0 Å². The number of sulfonamides is 1. The van der Waals surface area contributed by atoms with Crippen LogP contribution in [0.1, 0.15) is 68.7 Å². The van der Waals surface area contributed by atoms with Crippen molar-refractivity contribution in [3.63, 3.8) is 0 Å². The molecule has 1 aliphatic carbocycles. The molecule has 57 heavy (non-hydrogen) atoms. The first-order chi connectivity index (χ1) is 27.1. The number of hydrazine groups is 1. The highest BCUT2D eigenvalue weighted by Gasteiger charge is 2.31. The van der Waals surface area contributed by atoms with Crippen molar-refractivity contribution >= 4 is 45.0 Å². The number of carbonyl (C=O) groups excluding carboxylic acids is 3. The Morgan fingerprint density at radius 1 is 0.860 bits per heavy atom. The summed E-state index contributed by atoms with van der Waals surface area (Å²) >= 11 is 0. The maximum atomic E-state index is 14.0. The number of anilines is 2. The average molecular weight is 793 g/mol. The topological polar surface area (TPSA) is 167 Å². The third kappa shape index (κ3) is 11.0. The van der Waals surface area contributed by atoms with Crippen molar-refractivity contribution in [2.24, 2.45) is 11.8 Å². The van der Waals surface area contributed by atoms with E-state index in [0.29, 0.717) is 25.1 Å². The number of ether oxygens (including phenoxy) is 1. The van der Waals surface area contributed by atoms with E-state index < -0.39 is 27.8 Å². The molecule has 3 amide bonds. The molecule has 0 aromatic heterocycles. The Balaban J connectivity index is 1.17. The molecule has 2 aliphatic rings. The van der Waals surface area contributed by atoms with Crippen LogP contribution in [0, 0.1) is 18.8 Å². The Morgan fingerprint density at radius 2 is 1.60 bits per heavy atom. The lowest BCUT2D eigenvalue weighted by Crippen LogP contribution is -2.48. The molecule has 0 saturated heterocycles. The van der Waals surface area contributed by atoms with Gasteiger partial charge in [-0.2, -0.15) is 0 Å². The summed E-state index contributed by atoms with van der Waals surface area (Å²) in [4.78, 5) is 40.2. The molecule has 13 heteroatoms. The number of fused-ring (bicyclic) bond motifs is 1. The molecular weight excluding hydrogens is 741 g/mol. The van der Waals surface area contributed by atoms with E-state index in [-0.39, 0.29) is 41.5 Å². The minimum absolute atomic E-state index is 0.145. The number of nitrogens with one attached hydrogen (secondary N) is 6. The number of benzene rings is 4. The predicted molar refractivity (Wildman–Crippen MR) is 223 cm³/mol. The van der Waals surface area contributed by atoms with Crippen LogP contribution in [-0.4, -0.2) is 44.5 Å². The van der Waals surface area contributed by atoms with Crippen LogP contribution in [0.2, 0.25) is 0 Å². The van der Waals surface area contributed by atoms with Gasteiger partial charge in [0.15, 0.2) is 0 Å². The predicted octanol–water partition coefficient (Wildman–Crippen LogP) is 7.04. The zero-order valence-electron chi connectivity index (χ0n) is 32.9. The van der Waals surface area contributed by atoms with Gasteiger partial charge in [0.25, 0.3) is 0 Å². The number of carbonyl (C=O) groups is 3. The van der Waals surface area contributed by atoms with Gasteiger partial charge in [-0.3, -0.25) is 9.59 Å². The molecular formula is C44H52N6O6S. The van der Waals surface area contributed by atoms with Crippen molar-refractivity contribution in [1.29, 1.82) is 0 Å². The quantitative estimate of drug-likeness (QED) is 0.0839. The summed E-state index contributed by atoms with van der Waals surface area (Å²) in [5.41, 5.74) is 12.4. The summed E-state index contributed by atoms with van der Waals surface area (Å²) in [6.45, 7) is 12.0. The third-order valence-corrected chi connectivity index (χ3v) is 11.6. The molecule has 300 valence electrons. The maximum Gasteiger partial charge on any atom is 0.407 e. The highest BCUT2D eigenvalue weighted by atomic mass is 32.2. The number of rotatable bonds is 13. The molecule has 4 aromatic rings. The normalized spacial score (nSPS) is 17.0. The summed E-state index contributed by atoms with van der Waals surface area (Å²) < 4.78 is 34.7. The summed E-state index contributed by atoms with van der Waals surface area (Å²) in [6.07, 6.45) is 2.50. The molecule has 1 saturated carbocycles. The van der Waals surface area contributed by atoms with Gasteiger partial charge in [-0.05, 0) is 117 Å². The lowest BCUT2D eigenvalue weighted by molar-refractivity contribution is -0.130. The fourth-order valence-corrected chi connectivity index (χ4v) is 8.18. The summed E-state index contributed by atoms with van der Waals surface area (Å²) in [7, 11) is -3.81. The Hall–Kier alpha value is -5.66. The Kier molecular flexibility index (Phi) is 12.7. The zero-order valence-corrected chi connectivity index (χ0v) is 33.7. The van der Waals surface area contributed by atoms with E-state index in [1.807, 2.05) is 94.4 Å². The number of hydrogen-bond acceptors (Lipinski definition) is 8. The van der Waals surface area contributed by atoms with E-state index in [0.717, 1.165) is 57.6 Å². The van der Waals surface area contributed by atoms with Crippen LogP contribution < -0.4 is 31.5 Å².